The molecule has 0 bridgehead atoms. The Kier molecular flexibility index (Phi) is 3.73. The highest BCUT2D eigenvalue weighted by Crippen LogP contribution is 2.18. The Bertz CT molecular complexity index is 453. The molecule has 1 aromatic carbocycles. The molecular formula is C14H16N2O. The second-order valence-corrected chi connectivity index (χ2v) is 4.03. The van der Waals surface area contributed by atoms with E-state index in [1.165, 1.54) is 5.56 Å². The van der Waals surface area contributed by atoms with Crippen molar-refractivity contribution in [3.05, 3.63) is 59.9 Å². The highest BCUT2D eigenvalue weighted by atomic mass is 16.3. The van der Waals surface area contributed by atoms with Gasteiger partial charge in [0.2, 0.25) is 0 Å². The molecule has 3 nitrogen and oxygen atoms in total. The first-order valence-electron chi connectivity index (χ1n) is 5.63. The highest BCUT2D eigenvalue weighted by molar-refractivity contribution is 5.46. The summed E-state index contributed by atoms with van der Waals surface area (Å²) >= 11 is 0. The number of rotatable bonds is 4. The number of aliphatic hydroxyl groups excluding tert-OH is 1. The van der Waals surface area contributed by atoms with Gasteiger partial charge in [0, 0.05) is 18.1 Å². The van der Waals surface area contributed by atoms with Crippen molar-refractivity contribution in [3.63, 3.8) is 0 Å². The second-order valence-electron chi connectivity index (χ2n) is 4.03. The number of aliphatic hydroxyl groups is 1. The van der Waals surface area contributed by atoms with Crippen molar-refractivity contribution in [3.8, 4) is 0 Å². The third-order valence-corrected chi connectivity index (χ3v) is 2.66. The fourth-order valence-corrected chi connectivity index (χ4v) is 1.67. The lowest BCUT2D eigenvalue weighted by molar-refractivity contribution is 0.276. The molecule has 0 fully saturated rings. The molecule has 3 heteroatoms. The van der Waals surface area contributed by atoms with Gasteiger partial charge in [-0.3, -0.25) is 4.98 Å². The minimum Gasteiger partial charge on any atom is -0.394 e. The summed E-state index contributed by atoms with van der Waals surface area (Å²) in [5, 5.41) is 12.7. The summed E-state index contributed by atoms with van der Waals surface area (Å²) in [6, 6.07) is 11.8. The minimum atomic E-state index is -0.119. The molecule has 0 saturated carbocycles. The second kappa shape index (κ2) is 5.46. The van der Waals surface area contributed by atoms with Crippen molar-refractivity contribution < 1.29 is 5.11 Å². The van der Waals surface area contributed by atoms with Crippen LogP contribution >= 0.6 is 0 Å². The van der Waals surface area contributed by atoms with Gasteiger partial charge < -0.3 is 10.4 Å². The van der Waals surface area contributed by atoms with Crippen LogP contribution in [-0.4, -0.2) is 16.7 Å². The number of anilines is 1. The minimum absolute atomic E-state index is 0.0412. The van der Waals surface area contributed by atoms with Crippen LogP contribution in [0.15, 0.2) is 48.8 Å². The van der Waals surface area contributed by atoms with Gasteiger partial charge in [-0.25, -0.2) is 0 Å². The van der Waals surface area contributed by atoms with Crippen molar-refractivity contribution >= 4 is 5.69 Å². The summed E-state index contributed by atoms with van der Waals surface area (Å²) < 4.78 is 0. The van der Waals surface area contributed by atoms with Gasteiger partial charge in [-0.05, 0) is 30.7 Å². The van der Waals surface area contributed by atoms with Crippen LogP contribution in [0.4, 0.5) is 5.69 Å². The number of nitrogens with one attached hydrogen (secondary N) is 1. The van der Waals surface area contributed by atoms with Crippen LogP contribution < -0.4 is 5.32 Å². The molecule has 2 rings (SSSR count). The Hall–Kier alpha value is -1.87. The lowest BCUT2D eigenvalue weighted by atomic mass is 10.1. The predicted molar refractivity (Wildman–Crippen MR) is 68.9 cm³/mol. The van der Waals surface area contributed by atoms with Gasteiger partial charge >= 0.3 is 0 Å². The van der Waals surface area contributed by atoms with E-state index in [-0.39, 0.29) is 12.6 Å². The third-order valence-electron chi connectivity index (χ3n) is 2.66. The molecule has 0 saturated heterocycles. The molecule has 1 atom stereocenters. The van der Waals surface area contributed by atoms with Crippen LogP contribution in [0.3, 0.4) is 0 Å². The van der Waals surface area contributed by atoms with Crippen molar-refractivity contribution in [1.82, 2.24) is 4.98 Å². The van der Waals surface area contributed by atoms with Crippen LogP contribution in [0.25, 0.3) is 0 Å². The van der Waals surface area contributed by atoms with Crippen LogP contribution in [0.1, 0.15) is 17.2 Å². The maximum atomic E-state index is 9.41. The maximum Gasteiger partial charge on any atom is 0.0759 e. The smallest absolute Gasteiger partial charge is 0.0759 e. The van der Waals surface area contributed by atoms with Crippen LogP contribution in [0, 0.1) is 6.92 Å². The Balaban J connectivity index is 2.13. The van der Waals surface area contributed by atoms with Gasteiger partial charge in [-0.1, -0.05) is 23.8 Å². The fourth-order valence-electron chi connectivity index (χ4n) is 1.67. The number of pyridine rings is 1. The van der Waals surface area contributed by atoms with Crippen molar-refractivity contribution in [2.75, 3.05) is 11.9 Å². The Morgan fingerprint density at radius 2 is 2.00 bits per heavy atom. The number of aryl methyl sites for hydroxylation is 1. The van der Waals surface area contributed by atoms with Gasteiger partial charge in [0.15, 0.2) is 0 Å². The highest BCUT2D eigenvalue weighted by Gasteiger charge is 2.09. The molecule has 1 aromatic heterocycles. The third kappa shape index (κ3) is 3.04. The van der Waals surface area contributed by atoms with Crippen molar-refractivity contribution in [2.45, 2.75) is 13.0 Å². The summed E-state index contributed by atoms with van der Waals surface area (Å²) in [5.74, 6) is 0. The number of hydrogen-bond donors (Lipinski definition) is 2. The first-order chi connectivity index (χ1) is 8.29. The lowest BCUT2D eigenvalue weighted by Gasteiger charge is -2.17. The Morgan fingerprint density at radius 3 is 2.59 bits per heavy atom. The van der Waals surface area contributed by atoms with E-state index in [1.807, 2.05) is 36.4 Å². The van der Waals surface area contributed by atoms with E-state index in [0.717, 1.165) is 11.3 Å². The molecule has 0 aliphatic rings. The summed E-state index contributed by atoms with van der Waals surface area (Å²) in [5.41, 5.74) is 3.20. The molecule has 2 aromatic rings. The predicted octanol–water partition coefficient (Wildman–Crippen LogP) is 2.54. The SMILES string of the molecule is Cc1ccc(NC(CO)c2cccnc2)cc1. The molecular weight excluding hydrogens is 212 g/mol. The summed E-state index contributed by atoms with van der Waals surface area (Å²) in [7, 11) is 0. The average molecular weight is 228 g/mol. The lowest BCUT2D eigenvalue weighted by Crippen LogP contribution is -2.14. The molecule has 1 heterocycles. The number of hydrogen-bond acceptors (Lipinski definition) is 3. The largest absolute Gasteiger partial charge is 0.394 e. The van der Waals surface area contributed by atoms with E-state index in [1.54, 1.807) is 12.4 Å². The average Bonchev–Trinajstić information content (AvgIpc) is 2.39. The summed E-state index contributed by atoms with van der Waals surface area (Å²) in [4.78, 5) is 4.06. The molecule has 88 valence electrons. The van der Waals surface area contributed by atoms with Gasteiger partial charge in [0.25, 0.3) is 0 Å². The Labute approximate surface area is 101 Å². The molecule has 0 spiro atoms. The van der Waals surface area contributed by atoms with Gasteiger partial charge in [0.05, 0.1) is 12.6 Å². The first kappa shape index (κ1) is 11.6. The first-order valence-corrected chi connectivity index (χ1v) is 5.63. The number of nitrogens with zero attached hydrogens (tertiary/aromatic N) is 1. The molecule has 0 radical (unpaired) electrons. The normalized spacial score (nSPS) is 12.1. The number of aromatic nitrogens is 1. The summed E-state index contributed by atoms with van der Waals surface area (Å²) in [6.07, 6.45) is 3.49. The zero-order chi connectivity index (χ0) is 12.1. The molecule has 0 aliphatic carbocycles. The van der Waals surface area contributed by atoms with E-state index in [2.05, 4.69) is 17.2 Å². The quantitative estimate of drug-likeness (QED) is 0.845. The molecule has 0 amide bonds. The number of benzene rings is 1. The molecule has 2 N–H and O–H groups in total. The van der Waals surface area contributed by atoms with Crippen molar-refractivity contribution in [1.29, 1.82) is 0 Å². The fraction of sp³-hybridized carbons (Fsp3) is 0.214. The topological polar surface area (TPSA) is 45.1 Å². The Morgan fingerprint density at radius 1 is 1.24 bits per heavy atom. The van der Waals surface area contributed by atoms with Crippen LogP contribution in [0.2, 0.25) is 0 Å². The van der Waals surface area contributed by atoms with E-state index in [9.17, 15) is 5.11 Å². The molecule has 0 aliphatic heterocycles. The van der Waals surface area contributed by atoms with E-state index in [4.69, 9.17) is 0 Å². The van der Waals surface area contributed by atoms with Crippen molar-refractivity contribution in [2.24, 2.45) is 0 Å². The zero-order valence-electron chi connectivity index (χ0n) is 9.80. The molecule has 17 heavy (non-hydrogen) atoms. The zero-order valence-corrected chi connectivity index (χ0v) is 9.80. The van der Waals surface area contributed by atoms with Gasteiger partial charge in [-0.15, -0.1) is 0 Å². The summed E-state index contributed by atoms with van der Waals surface area (Å²) in [6.45, 7) is 2.09. The maximum absolute atomic E-state index is 9.41. The standard InChI is InChI=1S/C14H16N2O/c1-11-4-6-13(7-5-11)16-14(10-17)12-3-2-8-15-9-12/h2-9,14,16-17H,10H2,1H3. The monoisotopic (exact) mass is 228 g/mol. The van der Waals surface area contributed by atoms with E-state index in [0.29, 0.717) is 0 Å². The van der Waals surface area contributed by atoms with Crippen LogP contribution in [-0.2, 0) is 0 Å². The van der Waals surface area contributed by atoms with E-state index >= 15 is 0 Å². The molecule has 1 unspecified atom stereocenters. The van der Waals surface area contributed by atoms with Crippen LogP contribution in [0.5, 0.6) is 0 Å². The van der Waals surface area contributed by atoms with Gasteiger partial charge in [0.1, 0.15) is 0 Å². The van der Waals surface area contributed by atoms with Gasteiger partial charge in [-0.2, -0.15) is 0 Å². The van der Waals surface area contributed by atoms with E-state index < -0.39 is 0 Å².